The van der Waals surface area contributed by atoms with Crippen LogP contribution in [0.3, 0.4) is 0 Å². The molecule has 0 radical (unpaired) electrons. The smallest absolute Gasteiger partial charge is 0.0383 e. The summed E-state index contributed by atoms with van der Waals surface area (Å²) in [6, 6.07) is 0. The van der Waals surface area contributed by atoms with Gasteiger partial charge in [0.2, 0.25) is 0 Å². The Hall–Kier alpha value is -0.980. The SMILES string of the molecule is C=C(N(C)C/C(C)=C/C=C\C)C(C)(C)CCCC. The standard InChI is InChI=1S/C17H31N/c1-8-10-12-15(3)14-18(7)16(4)17(5,6)13-11-9-2/h8,10,12H,4,9,11,13-14H2,1-3,5-7H3/b10-8-,15-12+. The van der Waals surface area contributed by atoms with E-state index in [0.717, 1.165) is 6.54 Å². The lowest BCUT2D eigenvalue weighted by Gasteiger charge is -2.34. The van der Waals surface area contributed by atoms with E-state index in [-0.39, 0.29) is 5.41 Å². The Kier molecular flexibility index (Phi) is 7.73. The van der Waals surface area contributed by atoms with Gasteiger partial charge in [0, 0.05) is 24.7 Å². The number of likely N-dealkylation sites (N-methyl/N-ethyl adjacent to an activating group) is 1. The van der Waals surface area contributed by atoms with Gasteiger partial charge in [0.15, 0.2) is 0 Å². The first-order chi connectivity index (χ1) is 8.35. The maximum Gasteiger partial charge on any atom is 0.0383 e. The first-order valence-electron chi connectivity index (χ1n) is 7.04. The van der Waals surface area contributed by atoms with Gasteiger partial charge in [-0.25, -0.2) is 0 Å². The van der Waals surface area contributed by atoms with Gasteiger partial charge >= 0.3 is 0 Å². The minimum atomic E-state index is 0.200. The van der Waals surface area contributed by atoms with Crippen molar-refractivity contribution in [2.75, 3.05) is 13.6 Å². The maximum absolute atomic E-state index is 4.29. The fraction of sp³-hybridized carbons (Fsp3) is 0.647. The summed E-state index contributed by atoms with van der Waals surface area (Å²) in [6.07, 6.45) is 10.1. The van der Waals surface area contributed by atoms with E-state index >= 15 is 0 Å². The van der Waals surface area contributed by atoms with Crippen LogP contribution in [0.4, 0.5) is 0 Å². The zero-order valence-corrected chi connectivity index (χ0v) is 13.2. The highest BCUT2D eigenvalue weighted by atomic mass is 15.1. The topological polar surface area (TPSA) is 3.24 Å². The second-order valence-corrected chi connectivity index (χ2v) is 5.83. The van der Waals surface area contributed by atoms with E-state index in [0.29, 0.717) is 0 Å². The molecule has 0 atom stereocenters. The van der Waals surface area contributed by atoms with Crippen LogP contribution in [0.25, 0.3) is 0 Å². The molecule has 0 unspecified atom stereocenters. The van der Waals surface area contributed by atoms with Crippen molar-refractivity contribution in [2.45, 2.75) is 53.9 Å². The van der Waals surface area contributed by atoms with Crippen molar-refractivity contribution in [1.29, 1.82) is 0 Å². The first kappa shape index (κ1) is 17.0. The molecular weight excluding hydrogens is 218 g/mol. The highest BCUT2D eigenvalue weighted by Crippen LogP contribution is 2.32. The third kappa shape index (κ3) is 6.09. The van der Waals surface area contributed by atoms with Crippen molar-refractivity contribution in [3.63, 3.8) is 0 Å². The molecule has 0 spiro atoms. The van der Waals surface area contributed by atoms with Gasteiger partial charge in [0.25, 0.3) is 0 Å². The summed E-state index contributed by atoms with van der Waals surface area (Å²) in [5, 5.41) is 0. The minimum absolute atomic E-state index is 0.200. The van der Waals surface area contributed by atoms with E-state index in [1.807, 2.05) is 6.92 Å². The van der Waals surface area contributed by atoms with Crippen molar-refractivity contribution < 1.29 is 0 Å². The monoisotopic (exact) mass is 249 g/mol. The summed E-state index contributed by atoms with van der Waals surface area (Å²) in [5.74, 6) is 0. The van der Waals surface area contributed by atoms with E-state index < -0.39 is 0 Å². The number of unbranched alkanes of at least 4 members (excludes halogenated alkanes) is 1. The summed E-state index contributed by atoms with van der Waals surface area (Å²) in [7, 11) is 2.14. The lowest BCUT2D eigenvalue weighted by atomic mass is 9.83. The maximum atomic E-state index is 4.29. The van der Waals surface area contributed by atoms with Gasteiger partial charge < -0.3 is 4.90 Å². The Bertz CT molecular complexity index is 308. The molecule has 0 bridgehead atoms. The molecule has 1 heteroatoms. The Morgan fingerprint density at radius 3 is 2.44 bits per heavy atom. The van der Waals surface area contributed by atoms with E-state index in [1.54, 1.807) is 0 Å². The molecule has 1 nitrogen and oxygen atoms in total. The van der Waals surface area contributed by atoms with Crippen LogP contribution in [-0.4, -0.2) is 18.5 Å². The Labute approximate surface area is 114 Å². The van der Waals surface area contributed by atoms with Crippen LogP contribution in [0.15, 0.2) is 36.1 Å². The quantitative estimate of drug-likeness (QED) is 0.536. The molecule has 0 saturated carbocycles. The molecule has 0 aromatic rings. The van der Waals surface area contributed by atoms with Crippen molar-refractivity contribution in [2.24, 2.45) is 5.41 Å². The summed E-state index contributed by atoms with van der Waals surface area (Å²) in [5.41, 5.74) is 2.80. The highest BCUT2D eigenvalue weighted by Gasteiger charge is 2.23. The van der Waals surface area contributed by atoms with Gasteiger partial charge in [-0.2, -0.15) is 0 Å². The van der Waals surface area contributed by atoms with E-state index in [9.17, 15) is 0 Å². The molecule has 0 rings (SSSR count). The normalized spacial score (nSPS) is 13.1. The fourth-order valence-electron chi connectivity index (χ4n) is 2.06. The van der Waals surface area contributed by atoms with Gasteiger partial charge in [-0.1, -0.05) is 64.0 Å². The number of allylic oxidation sites excluding steroid dienone is 4. The van der Waals surface area contributed by atoms with Crippen LogP contribution in [0.2, 0.25) is 0 Å². The van der Waals surface area contributed by atoms with Crippen molar-refractivity contribution in [1.82, 2.24) is 4.90 Å². The number of hydrogen-bond donors (Lipinski definition) is 0. The average Bonchev–Trinajstić information content (AvgIpc) is 2.32. The van der Waals surface area contributed by atoms with Gasteiger partial charge in [-0.15, -0.1) is 0 Å². The number of rotatable bonds is 8. The Balaban J connectivity index is 4.49. The molecule has 0 aliphatic carbocycles. The molecule has 0 heterocycles. The molecule has 0 aliphatic heterocycles. The van der Waals surface area contributed by atoms with Crippen LogP contribution in [0.5, 0.6) is 0 Å². The predicted octanol–water partition coefficient (Wildman–Crippen LogP) is 5.17. The molecule has 0 aliphatic rings. The Morgan fingerprint density at radius 2 is 1.94 bits per heavy atom. The molecule has 0 N–H and O–H groups in total. The molecule has 104 valence electrons. The second kappa shape index (κ2) is 8.18. The van der Waals surface area contributed by atoms with E-state index in [2.05, 4.69) is 64.4 Å². The van der Waals surface area contributed by atoms with E-state index in [1.165, 1.54) is 30.5 Å². The van der Waals surface area contributed by atoms with Crippen molar-refractivity contribution in [3.8, 4) is 0 Å². The van der Waals surface area contributed by atoms with Crippen LogP contribution >= 0.6 is 0 Å². The second-order valence-electron chi connectivity index (χ2n) is 5.83. The van der Waals surface area contributed by atoms with Crippen molar-refractivity contribution in [3.05, 3.63) is 36.1 Å². The average molecular weight is 249 g/mol. The van der Waals surface area contributed by atoms with Crippen LogP contribution < -0.4 is 0 Å². The van der Waals surface area contributed by atoms with Gasteiger partial charge in [-0.05, 0) is 20.3 Å². The summed E-state index contributed by atoms with van der Waals surface area (Å²) in [4.78, 5) is 2.28. The van der Waals surface area contributed by atoms with Crippen LogP contribution in [0, 0.1) is 5.41 Å². The lowest BCUT2D eigenvalue weighted by molar-refractivity contribution is 0.284. The largest absolute Gasteiger partial charge is 0.374 e. The van der Waals surface area contributed by atoms with Crippen LogP contribution in [-0.2, 0) is 0 Å². The van der Waals surface area contributed by atoms with Crippen molar-refractivity contribution >= 4 is 0 Å². The van der Waals surface area contributed by atoms with Crippen LogP contribution in [0.1, 0.15) is 53.9 Å². The fourth-order valence-corrected chi connectivity index (χ4v) is 2.06. The van der Waals surface area contributed by atoms with Gasteiger partial charge in [0.05, 0.1) is 0 Å². The molecular formula is C17H31N. The molecule has 0 aromatic carbocycles. The predicted molar refractivity (Wildman–Crippen MR) is 83.6 cm³/mol. The lowest BCUT2D eigenvalue weighted by Crippen LogP contribution is -2.29. The molecule has 0 saturated heterocycles. The van der Waals surface area contributed by atoms with E-state index in [4.69, 9.17) is 0 Å². The van der Waals surface area contributed by atoms with Gasteiger partial charge in [-0.3, -0.25) is 0 Å². The molecule has 0 aromatic heterocycles. The summed E-state index contributed by atoms with van der Waals surface area (Å²) in [6.45, 7) is 16.3. The number of nitrogens with zero attached hydrogens (tertiary/aromatic N) is 1. The molecule has 0 fully saturated rings. The molecule has 18 heavy (non-hydrogen) atoms. The number of hydrogen-bond acceptors (Lipinski definition) is 1. The third-order valence-electron chi connectivity index (χ3n) is 3.46. The first-order valence-corrected chi connectivity index (χ1v) is 7.04. The highest BCUT2D eigenvalue weighted by molar-refractivity contribution is 5.14. The minimum Gasteiger partial charge on any atom is -0.374 e. The molecule has 0 amide bonds. The zero-order chi connectivity index (χ0) is 14.2. The third-order valence-corrected chi connectivity index (χ3v) is 3.46. The Morgan fingerprint density at radius 1 is 1.33 bits per heavy atom. The summed E-state index contributed by atoms with van der Waals surface area (Å²) >= 11 is 0. The zero-order valence-electron chi connectivity index (χ0n) is 13.2. The summed E-state index contributed by atoms with van der Waals surface area (Å²) < 4.78 is 0. The van der Waals surface area contributed by atoms with Gasteiger partial charge in [0.1, 0.15) is 0 Å².